The second-order valence-electron chi connectivity index (χ2n) is 4.93. The van der Waals surface area contributed by atoms with Gasteiger partial charge >= 0.3 is 0 Å². The summed E-state index contributed by atoms with van der Waals surface area (Å²) in [7, 11) is 0. The van der Waals surface area contributed by atoms with Crippen LogP contribution in [0.5, 0.6) is 0 Å². The van der Waals surface area contributed by atoms with Crippen molar-refractivity contribution >= 4 is 17.2 Å². The summed E-state index contributed by atoms with van der Waals surface area (Å²) in [6.07, 6.45) is 0.994. The molecule has 0 aliphatic carbocycles. The fourth-order valence-electron chi connectivity index (χ4n) is 2.45. The Hall–Kier alpha value is -0.910. The molecule has 1 N–H and O–H groups in total. The summed E-state index contributed by atoms with van der Waals surface area (Å²) >= 11 is 1.63. The average molecular weight is 282 g/mol. The smallest absolute Gasteiger partial charge is 0.264 e. The van der Waals surface area contributed by atoms with Crippen molar-refractivity contribution in [2.24, 2.45) is 0 Å². The molecule has 0 radical (unpaired) electrons. The van der Waals surface area contributed by atoms with Gasteiger partial charge in [-0.15, -0.1) is 11.3 Å². The number of hydrogen-bond donors (Lipinski definition) is 1. The summed E-state index contributed by atoms with van der Waals surface area (Å²) in [5, 5.41) is 8.91. The highest BCUT2D eigenvalue weighted by atomic mass is 32.1. The van der Waals surface area contributed by atoms with E-state index in [1.54, 1.807) is 11.3 Å². The molecule has 1 aliphatic rings. The number of nitrogens with zero attached hydrogens (tertiary/aromatic N) is 2. The van der Waals surface area contributed by atoms with Gasteiger partial charge in [-0.2, -0.15) is 0 Å². The molecule has 106 valence electrons. The van der Waals surface area contributed by atoms with Gasteiger partial charge in [0.25, 0.3) is 5.91 Å². The number of amides is 1. The highest BCUT2D eigenvalue weighted by molar-refractivity contribution is 7.14. The Morgan fingerprint density at radius 2 is 2.05 bits per heavy atom. The van der Waals surface area contributed by atoms with E-state index >= 15 is 0 Å². The zero-order valence-electron chi connectivity index (χ0n) is 11.7. The van der Waals surface area contributed by atoms with Crippen LogP contribution < -0.4 is 0 Å². The summed E-state index contributed by atoms with van der Waals surface area (Å²) in [5.41, 5.74) is 1.23. The van der Waals surface area contributed by atoms with Gasteiger partial charge in [-0.3, -0.25) is 9.69 Å². The Kier molecular flexibility index (Phi) is 4.96. The average Bonchev–Trinajstić information content (AvgIpc) is 2.80. The van der Waals surface area contributed by atoms with E-state index in [1.807, 2.05) is 11.0 Å². The van der Waals surface area contributed by atoms with E-state index in [1.165, 1.54) is 10.4 Å². The molecular weight excluding hydrogens is 260 g/mol. The Morgan fingerprint density at radius 3 is 2.58 bits per heavy atom. The molecule has 0 atom stereocenters. The molecule has 0 bridgehead atoms. The van der Waals surface area contributed by atoms with E-state index in [0.29, 0.717) is 6.54 Å². The molecule has 4 nitrogen and oxygen atoms in total. The quantitative estimate of drug-likeness (QED) is 0.907. The van der Waals surface area contributed by atoms with Crippen LogP contribution in [0.4, 0.5) is 0 Å². The molecule has 0 unspecified atom stereocenters. The number of β-amino-alcohol motifs (C(OH)–C–C–N with tert-alkyl or cyclic N) is 1. The number of thiophene rings is 1. The van der Waals surface area contributed by atoms with Crippen LogP contribution in [0, 0.1) is 6.92 Å². The lowest BCUT2D eigenvalue weighted by molar-refractivity contribution is 0.0619. The number of hydrogen-bond acceptors (Lipinski definition) is 4. The number of rotatable bonds is 4. The van der Waals surface area contributed by atoms with Crippen molar-refractivity contribution in [2.75, 3.05) is 39.3 Å². The van der Waals surface area contributed by atoms with Crippen molar-refractivity contribution in [2.45, 2.75) is 20.3 Å². The highest BCUT2D eigenvalue weighted by Gasteiger charge is 2.23. The van der Waals surface area contributed by atoms with Crippen LogP contribution in [0.2, 0.25) is 0 Å². The zero-order chi connectivity index (χ0) is 13.8. The molecule has 0 aromatic carbocycles. The first kappa shape index (κ1) is 14.5. The minimum atomic E-state index is 0.163. The molecule has 1 amide bonds. The third-order valence-corrected chi connectivity index (χ3v) is 5.00. The normalized spacial score (nSPS) is 16.9. The minimum Gasteiger partial charge on any atom is -0.395 e. The fourth-order valence-corrected chi connectivity index (χ4v) is 3.53. The molecule has 1 aromatic rings. The summed E-state index contributed by atoms with van der Waals surface area (Å²) in [6.45, 7) is 8.34. The monoisotopic (exact) mass is 282 g/mol. The molecular formula is C14H22N2O2S. The van der Waals surface area contributed by atoms with Crippen molar-refractivity contribution < 1.29 is 9.90 Å². The Bertz CT molecular complexity index is 437. The second-order valence-corrected chi connectivity index (χ2v) is 6.06. The largest absolute Gasteiger partial charge is 0.395 e. The number of carbonyl (C=O) groups excluding carboxylic acids is 1. The zero-order valence-corrected chi connectivity index (χ0v) is 12.5. The molecule has 5 heteroatoms. The van der Waals surface area contributed by atoms with E-state index in [4.69, 9.17) is 5.11 Å². The lowest BCUT2D eigenvalue weighted by Gasteiger charge is -2.34. The number of aryl methyl sites for hydroxylation is 2. The van der Waals surface area contributed by atoms with Crippen molar-refractivity contribution in [1.82, 2.24) is 9.80 Å². The van der Waals surface area contributed by atoms with Crippen molar-refractivity contribution in [3.63, 3.8) is 0 Å². The summed E-state index contributed by atoms with van der Waals surface area (Å²) < 4.78 is 0. The Morgan fingerprint density at radius 1 is 1.37 bits per heavy atom. The van der Waals surface area contributed by atoms with Crippen LogP contribution >= 0.6 is 11.3 Å². The fraction of sp³-hybridized carbons (Fsp3) is 0.643. The van der Waals surface area contributed by atoms with Crippen LogP contribution in [0.15, 0.2) is 6.07 Å². The van der Waals surface area contributed by atoms with Crippen LogP contribution in [-0.2, 0) is 6.42 Å². The van der Waals surface area contributed by atoms with Crippen molar-refractivity contribution in [3.8, 4) is 0 Å². The van der Waals surface area contributed by atoms with Gasteiger partial charge in [-0.05, 0) is 25.0 Å². The first-order chi connectivity index (χ1) is 9.15. The molecule has 1 aromatic heterocycles. The Labute approximate surface area is 118 Å². The van der Waals surface area contributed by atoms with Gasteiger partial charge in [0.15, 0.2) is 0 Å². The van der Waals surface area contributed by atoms with Crippen LogP contribution in [0.25, 0.3) is 0 Å². The van der Waals surface area contributed by atoms with Crippen molar-refractivity contribution in [3.05, 3.63) is 21.4 Å². The predicted octanol–water partition coefficient (Wildman–Crippen LogP) is 1.37. The van der Waals surface area contributed by atoms with Gasteiger partial charge in [0.05, 0.1) is 11.5 Å². The number of aliphatic hydroxyl groups excluding tert-OH is 1. The van der Waals surface area contributed by atoms with E-state index in [2.05, 4.69) is 18.7 Å². The SMILES string of the molecule is CCc1sc(C(=O)N2CCN(CCO)CC2)cc1C. The molecule has 19 heavy (non-hydrogen) atoms. The molecule has 2 heterocycles. The summed E-state index contributed by atoms with van der Waals surface area (Å²) in [6, 6.07) is 2.02. The second kappa shape index (κ2) is 6.50. The number of aliphatic hydroxyl groups is 1. The maximum Gasteiger partial charge on any atom is 0.264 e. The molecule has 0 spiro atoms. The summed E-state index contributed by atoms with van der Waals surface area (Å²) in [4.78, 5) is 18.7. The molecule has 1 saturated heterocycles. The van der Waals surface area contributed by atoms with Gasteiger partial charge in [0, 0.05) is 37.6 Å². The maximum atomic E-state index is 12.4. The summed E-state index contributed by atoms with van der Waals surface area (Å²) in [5.74, 6) is 0.163. The number of piperazine rings is 1. The lowest BCUT2D eigenvalue weighted by Crippen LogP contribution is -2.49. The van der Waals surface area contributed by atoms with Crippen LogP contribution in [0.3, 0.4) is 0 Å². The molecule has 1 fully saturated rings. The molecule has 2 rings (SSSR count). The highest BCUT2D eigenvalue weighted by Crippen LogP contribution is 2.24. The number of carbonyl (C=O) groups is 1. The van der Waals surface area contributed by atoms with Gasteiger partial charge in [0.1, 0.15) is 0 Å². The minimum absolute atomic E-state index is 0.163. The first-order valence-corrected chi connectivity index (χ1v) is 7.69. The van der Waals surface area contributed by atoms with Gasteiger partial charge in [0.2, 0.25) is 0 Å². The van der Waals surface area contributed by atoms with E-state index < -0.39 is 0 Å². The maximum absolute atomic E-state index is 12.4. The molecule has 1 aliphatic heterocycles. The van der Waals surface area contributed by atoms with Crippen molar-refractivity contribution in [1.29, 1.82) is 0 Å². The van der Waals surface area contributed by atoms with Gasteiger partial charge in [-0.1, -0.05) is 6.92 Å². The predicted molar refractivity (Wildman–Crippen MR) is 77.9 cm³/mol. The Balaban J connectivity index is 1.97. The standard InChI is InChI=1S/C14H22N2O2S/c1-3-12-11(2)10-13(19-12)14(18)16-6-4-15(5-7-16)8-9-17/h10,17H,3-9H2,1-2H3. The topological polar surface area (TPSA) is 43.8 Å². The third-order valence-electron chi connectivity index (χ3n) is 3.63. The van der Waals surface area contributed by atoms with Gasteiger partial charge < -0.3 is 10.0 Å². The lowest BCUT2D eigenvalue weighted by atomic mass is 10.2. The first-order valence-electron chi connectivity index (χ1n) is 6.87. The van der Waals surface area contributed by atoms with Crippen LogP contribution in [-0.4, -0.2) is 60.1 Å². The van der Waals surface area contributed by atoms with Crippen LogP contribution in [0.1, 0.15) is 27.0 Å². The van der Waals surface area contributed by atoms with Gasteiger partial charge in [-0.25, -0.2) is 0 Å². The van der Waals surface area contributed by atoms with E-state index in [9.17, 15) is 4.79 Å². The third kappa shape index (κ3) is 3.35. The van der Waals surface area contributed by atoms with E-state index in [0.717, 1.165) is 37.5 Å². The van der Waals surface area contributed by atoms with E-state index in [-0.39, 0.29) is 12.5 Å². The molecule has 0 saturated carbocycles.